The first-order valence-corrected chi connectivity index (χ1v) is 7.34. The molecule has 0 spiro atoms. The van der Waals surface area contributed by atoms with Gasteiger partial charge in [-0.2, -0.15) is 0 Å². The topological polar surface area (TPSA) is 43.8 Å². The number of nitrogens with zero attached hydrogens (tertiary/aromatic N) is 2. The number of halogens is 1. The molecule has 3 nitrogen and oxygen atoms in total. The van der Waals surface area contributed by atoms with Crippen LogP contribution in [0, 0.1) is 0 Å². The molecule has 0 unspecified atom stereocenters. The number of benzene rings is 1. The average molecular weight is 292 g/mol. The van der Waals surface area contributed by atoms with Gasteiger partial charge in [0.25, 0.3) is 0 Å². The summed E-state index contributed by atoms with van der Waals surface area (Å²) in [5.41, 5.74) is 8.21. The third-order valence-corrected chi connectivity index (χ3v) is 4.24. The molecule has 5 heteroatoms. The number of hydrogen-bond acceptors (Lipinski definition) is 3. The molecule has 3 rings (SSSR count). The Morgan fingerprint density at radius 3 is 2.89 bits per heavy atom. The zero-order valence-corrected chi connectivity index (χ0v) is 11.9. The highest BCUT2D eigenvalue weighted by atomic mass is 35.5. The number of fused-ring (bicyclic) bond motifs is 1. The van der Waals surface area contributed by atoms with Gasteiger partial charge in [0.15, 0.2) is 4.47 Å². The van der Waals surface area contributed by atoms with Crippen molar-refractivity contribution in [3.8, 4) is 0 Å². The molecule has 2 heterocycles. The quantitative estimate of drug-likeness (QED) is 0.801. The van der Waals surface area contributed by atoms with Crippen LogP contribution >= 0.6 is 22.9 Å². The van der Waals surface area contributed by atoms with Crippen LogP contribution in [0.15, 0.2) is 36.7 Å². The zero-order chi connectivity index (χ0) is 13.2. The van der Waals surface area contributed by atoms with Crippen LogP contribution in [0.1, 0.15) is 10.4 Å². The van der Waals surface area contributed by atoms with Crippen molar-refractivity contribution in [2.75, 3.05) is 6.54 Å². The predicted molar refractivity (Wildman–Crippen MR) is 80.9 cm³/mol. The van der Waals surface area contributed by atoms with Gasteiger partial charge in [0.05, 0.1) is 6.54 Å². The molecule has 0 saturated carbocycles. The minimum Gasteiger partial charge on any atom is -0.342 e. The molecule has 0 aliphatic carbocycles. The summed E-state index contributed by atoms with van der Waals surface area (Å²) in [6.07, 6.45) is 4.92. The van der Waals surface area contributed by atoms with Crippen LogP contribution in [-0.2, 0) is 13.0 Å². The van der Waals surface area contributed by atoms with Gasteiger partial charge in [-0.1, -0.05) is 29.8 Å². The third kappa shape index (κ3) is 2.52. The molecule has 98 valence electrons. The summed E-state index contributed by atoms with van der Waals surface area (Å²) in [6.45, 7) is 1.47. The molecular formula is C14H14ClN3S. The minimum atomic E-state index is 0.591. The molecule has 2 aromatic heterocycles. The van der Waals surface area contributed by atoms with Gasteiger partial charge in [0.2, 0.25) is 0 Å². The first-order chi connectivity index (χ1) is 9.28. The van der Waals surface area contributed by atoms with Gasteiger partial charge in [0, 0.05) is 28.2 Å². The van der Waals surface area contributed by atoms with E-state index in [1.54, 1.807) is 0 Å². The predicted octanol–water partition coefficient (Wildman–Crippen LogP) is 3.30. The largest absolute Gasteiger partial charge is 0.342 e. The summed E-state index contributed by atoms with van der Waals surface area (Å²) in [4.78, 5) is 5.24. The second kappa shape index (κ2) is 5.33. The van der Waals surface area contributed by atoms with Crippen LogP contribution in [0.2, 0.25) is 4.47 Å². The highest BCUT2D eigenvalue weighted by Crippen LogP contribution is 2.25. The Labute approximate surface area is 120 Å². The number of rotatable bonds is 4. The molecule has 0 saturated heterocycles. The van der Waals surface area contributed by atoms with E-state index in [4.69, 9.17) is 17.3 Å². The van der Waals surface area contributed by atoms with E-state index in [0.29, 0.717) is 11.0 Å². The number of thiazole rings is 1. The highest BCUT2D eigenvalue weighted by molar-refractivity contribution is 7.15. The summed E-state index contributed by atoms with van der Waals surface area (Å²) in [5, 5.41) is 1.28. The van der Waals surface area contributed by atoms with Gasteiger partial charge >= 0.3 is 0 Å². The van der Waals surface area contributed by atoms with Crippen LogP contribution < -0.4 is 5.73 Å². The Hall–Kier alpha value is -1.36. The van der Waals surface area contributed by atoms with E-state index in [-0.39, 0.29) is 0 Å². The monoisotopic (exact) mass is 291 g/mol. The van der Waals surface area contributed by atoms with Gasteiger partial charge in [-0.3, -0.25) is 0 Å². The van der Waals surface area contributed by atoms with Crippen molar-refractivity contribution in [1.29, 1.82) is 0 Å². The van der Waals surface area contributed by atoms with Crippen molar-refractivity contribution < 1.29 is 0 Å². The molecule has 0 aliphatic rings. The Morgan fingerprint density at radius 2 is 2.16 bits per heavy atom. The molecule has 0 amide bonds. The molecule has 1 aromatic carbocycles. The van der Waals surface area contributed by atoms with Crippen LogP contribution in [0.4, 0.5) is 0 Å². The van der Waals surface area contributed by atoms with Gasteiger partial charge in [-0.15, -0.1) is 11.3 Å². The fraction of sp³-hybridized carbons (Fsp3) is 0.214. The maximum Gasteiger partial charge on any atom is 0.183 e. The summed E-state index contributed by atoms with van der Waals surface area (Å²) in [5.74, 6) is 0. The molecule has 3 aromatic rings. The molecular weight excluding hydrogens is 278 g/mol. The van der Waals surface area contributed by atoms with Crippen molar-refractivity contribution in [3.63, 3.8) is 0 Å². The SMILES string of the molecule is NCCc1cn(Cc2cnc(Cl)s2)c2ccccc12. The fourth-order valence-electron chi connectivity index (χ4n) is 2.33. The van der Waals surface area contributed by atoms with Crippen molar-refractivity contribution in [2.24, 2.45) is 5.73 Å². The Morgan fingerprint density at radius 1 is 1.32 bits per heavy atom. The second-order valence-electron chi connectivity index (χ2n) is 4.42. The van der Waals surface area contributed by atoms with Crippen molar-refractivity contribution in [3.05, 3.63) is 51.6 Å². The van der Waals surface area contributed by atoms with E-state index >= 15 is 0 Å². The van der Waals surface area contributed by atoms with Crippen LogP contribution in [0.3, 0.4) is 0 Å². The zero-order valence-electron chi connectivity index (χ0n) is 10.3. The van der Waals surface area contributed by atoms with Gasteiger partial charge in [-0.25, -0.2) is 4.98 Å². The number of para-hydroxylation sites is 1. The smallest absolute Gasteiger partial charge is 0.183 e. The molecule has 0 aliphatic heterocycles. The Kier molecular flexibility index (Phi) is 3.55. The second-order valence-corrected chi connectivity index (χ2v) is 6.11. The van der Waals surface area contributed by atoms with Gasteiger partial charge < -0.3 is 10.3 Å². The summed E-state index contributed by atoms with van der Waals surface area (Å²) >= 11 is 7.40. The first-order valence-electron chi connectivity index (χ1n) is 6.15. The lowest BCUT2D eigenvalue weighted by Crippen LogP contribution is -2.02. The summed E-state index contributed by atoms with van der Waals surface area (Å²) < 4.78 is 2.83. The van der Waals surface area contributed by atoms with Crippen molar-refractivity contribution in [1.82, 2.24) is 9.55 Å². The molecule has 0 fully saturated rings. The molecule has 19 heavy (non-hydrogen) atoms. The molecule has 0 bridgehead atoms. The number of hydrogen-bond donors (Lipinski definition) is 1. The van der Waals surface area contributed by atoms with Crippen LogP contribution in [0.25, 0.3) is 10.9 Å². The summed E-state index contributed by atoms with van der Waals surface area (Å²) in [7, 11) is 0. The van der Waals surface area contributed by atoms with E-state index in [0.717, 1.165) is 17.8 Å². The van der Waals surface area contributed by atoms with Crippen molar-refractivity contribution in [2.45, 2.75) is 13.0 Å². The standard InChI is InChI=1S/C14H14ClN3S/c15-14-17-7-11(19-14)9-18-8-10(5-6-16)12-3-1-2-4-13(12)18/h1-4,7-8H,5-6,9,16H2. The average Bonchev–Trinajstić information content (AvgIpc) is 2.97. The molecule has 2 N–H and O–H groups in total. The van der Waals surface area contributed by atoms with Crippen LogP contribution in [0.5, 0.6) is 0 Å². The molecule has 0 radical (unpaired) electrons. The maximum absolute atomic E-state index is 5.88. The lowest BCUT2D eigenvalue weighted by molar-refractivity contribution is 0.838. The van der Waals surface area contributed by atoms with E-state index in [9.17, 15) is 0 Å². The lowest BCUT2D eigenvalue weighted by atomic mass is 10.1. The number of aromatic nitrogens is 2. The fourth-order valence-corrected chi connectivity index (χ4v) is 3.31. The highest BCUT2D eigenvalue weighted by Gasteiger charge is 2.09. The maximum atomic E-state index is 5.88. The summed E-state index contributed by atoms with van der Waals surface area (Å²) in [6, 6.07) is 8.41. The van der Waals surface area contributed by atoms with E-state index in [2.05, 4.69) is 40.0 Å². The molecule has 0 atom stereocenters. The van der Waals surface area contributed by atoms with Gasteiger partial charge in [-0.05, 0) is 24.6 Å². The minimum absolute atomic E-state index is 0.591. The Bertz CT molecular complexity index is 702. The lowest BCUT2D eigenvalue weighted by Gasteiger charge is -2.02. The normalized spacial score (nSPS) is 11.3. The Balaban J connectivity index is 2.03. The van der Waals surface area contributed by atoms with Crippen LogP contribution in [-0.4, -0.2) is 16.1 Å². The van der Waals surface area contributed by atoms with Crippen molar-refractivity contribution >= 4 is 33.8 Å². The van der Waals surface area contributed by atoms with Gasteiger partial charge in [0.1, 0.15) is 0 Å². The van der Waals surface area contributed by atoms with E-state index < -0.39 is 0 Å². The number of nitrogens with two attached hydrogens (primary N) is 1. The third-order valence-electron chi connectivity index (χ3n) is 3.14. The van der Waals surface area contributed by atoms with E-state index in [1.807, 2.05) is 6.20 Å². The van der Waals surface area contributed by atoms with E-state index in [1.165, 1.54) is 27.8 Å². The first kappa shape index (κ1) is 12.7.